The van der Waals surface area contributed by atoms with Crippen molar-refractivity contribution in [3.63, 3.8) is 0 Å². The molecule has 0 bridgehead atoms. The summed E-state index contributed by atoms with van der Waals surface area (Å²) in [6.45, 7) is 2.50. The van der Waals surface area contributed by atoms with Gasteiger partial charge in [0.1, 0.15) is 5.82 Å². The minimum Gasteiger partial charge on any atom is -0.299 e. The summed E-state index contributed by atoms with van der Waals surface area (Å²) in [7, 11) is 0. The number of hydrazine groups is 1. The Balaban J connectivity index is 1.84. The minimum atomic E-state index is -0.593. The number of carbonyl (C=O) groups excluding carboxylic acids is 1. The maximum atomic E-state index is 14.1. The van der Waals surface area contributed by atoms with Gasteiger partial charge in [0.25, 0.3) is 0 Å². The Labute approximate surface area is 144 Å². The first-order valence-corrected chi connectivity index (χ1v) is 7.87. The summed E-state index contributed by atoms with van der Waals surface area (Å²) < 4.78 is 14.1. The van der Waals surface area contributed by atoms with Crippen LogP contribution in [0.5, 0.6) is 0 Å². The summed E-state index contributed by atoms with van der Waals surface area (Å²) in [5.41, 5.74) is 7.40. The van der Waals surface area contributed by atoms with Crippen molar-refractivity contribution < 1.29 is 14.0 Å². The molecule has 25 heavy (non-hydrogen) atoms. The highest BCUT2D eigenvalue weighted by molar-refractivity contribution is 6.10. The zero-order chi connectivity index (χ0) is 17.6. The van der Waals surface area contributed by atoms with Gasteiger partial charge in [-0.2, -0.15) is 0 Å². The lowest BCUT2D eigenvalue weighted by molar-refractivity contribution is 0.0576. The molecule has 6 nitrogen and oxygen atoms in total. The van der Waals surface area contributed by atoms with E-state index in [2.05, 4.69) is 21.0 Å². The Morgan fingerprint density at radius 3 is 2.72 bits per heavy atom. The van der Waals surface area contributed by atoms with Crippen LogP contribution in [0.4, 0.5) is 10.1 Å². The Morgan fingerprint density at radius 2 is 1.92 bits per heavy atom. The normalized spacial score (nSPS) is 10.8. The number of anilines is 1. The number of aromatic nitrogens is 2. The molecule has 0 aliphatic rings. The van der Waals surface area contributed by atoms with Crippen molar-refractivity contribution in [3.8, 4) is 0 Å². The van der Waals surface area contributed by atoms with E-state index in [1.165, 1.54) is 18.2 Å². The Morgan fingerprint density at radius 1 is 1.12 bits per heavy atom. The third-order valence-electron chi connectivity index (χ3n) is 3.52. The molecule has 0 amide bonds. The van der Waals surface area contributed by atoms with E-state index in [-0.39, 0.29) is 5.56 Å². The van der Waals surface area contributed by atoms with Crippen LogP contribution in [0.2, 0.25) is 0 Å². The number of benzene rings is 2. The molecule has 0 atom stereocenters. The first-order valence-electron chi connectivity index (χ1n) is 7.87. The van der Waals surface area contributed by atoms with E-state index in [9.17, 15) is 9.18 Å². The monoisotopic (exact) mass is 340 g/mol. The van der Waals surface area contributed by atoms with E-state index in [0.717, 1.165) is 6.42 Å². The van der Waals surface area contributed by atoms with Gasteiger partial charge in [0, 0.05) is 18.0 Å². The maximum absolute atomic E-state index is 14.1. The van der Waals surface area contributed by atoms with Gasteiger partial charge in [-0.15, -0.1) is 5.59 Å². The van der Waals surface area contributed by atoms with Crippen molar-refractivity contribution in [2.45, 2.75) is 13.3 Å². The molecule has 1 aromatic heterocycles. The molecule has 0 aliphatic heterocycles. The summed E-state index contributed by atoms with van der Waals surface area (Å²) in [6.07, 6.45) is 3.97. The highest BCUT2D eigenvalue weighted by atomic mass is 19.1. The van der Waals surface area contributed by atoms with Crippen molar-refractivity contribution in [2.75, 3.05) is 12.0 Å². The molecule has 0 saturated heterocycles. The molecule has 0 spiro atoms. The summed E-state index contributed by atoms with van der Waals surface area (Å²) in [5, 5.41) is 0. The standard InChI is InChI=1S/C18H17FN4O2/c1-2-9-25-23-22-13-4-5-15(19)14(11-13)18(24)12-3-6-16-17(10-12)21-8-7-20-16/h3-8,10-11,22-23H,2,9H2,1H3. The van der Waals surface area contributed by atoms with Crippen LogP contribution in [0.3, 0.4) is 0 Å². The van der Waals surface area contributed by atoms with Gasteiger partial charge in [-0.3, -0.25) is 25.0 Å². The number of hydrogen-bond donors (Lipinski definition) is 2. The van der Waals surface area contributed by atoms with Crippen molar-refractivity contribution in [1.29, 1.82) is 0 Å². The van der Waals surface area contributed by atoms with E-state index < -0.39 is 11.6 Å². The van der Waals surface area contributed by atoms with Crippen LogP contribution in [0.25, 0.3) is 11.0 Å². The van der Waals surface area contributed by atoms with Crippen LogP contribution < -0.4 is 11.0 Å². The lowest BCUT2D eigenvalue weighted by atomic mass is 10.0. The third-order valence-corrected chi connectivity index (χ3v) is 3.52. The predicted octanol–water partition coefficient (Wildman–Crippen LogP) is 3.26. The van der Waals surface area contributed by atoms with Crippen molar-refractivity contribution in [2.24, 2.45) is 0 Å². The van der Waals surface area contributed by atoms with Crippen LogP contribution >= 0.6 is 0 Å². The molecule has 2 aromatic carbocycles. The minimum absolute atomic E-state index is 0.0365. The SMILES string of the molecule is CCCONNc1ccc(F)c(C(=O)c2ccc3nccnc3c2)c1. The number of hydrogen-bond acceptors (Lipinski definition) is 6. The van der Waals surface area contributed by atoms with Crippen LogP contribution in [0.1, 0.15) is 29.3 Å². The molecule has 2 N–H and O–H groups in total. The van der Waals surface area contributed by atoms with E-state index in [4.69, 9.17) is 4.84 Å². The van der Waals surface area contributed by atoms with Gasteiger partial charge in [0.15, 0.2) is 5.78 Å². The second kappa shape index (κ2) is 7.78. The highest BCUT2D eigenvalue weighted by Crippen LogP contribution is 2.20. The maximum Gasteiger partial charge on any atom is 0.196 e. The molecule has 0 unspecified atom stereocenters. The van der Waals surface area contributed by atoms with E-state index in [1.54, 1.807) is 30.6 Å². The van der Waals surface area contributed by atoms with Crippen LogP contribution in [0, 0.1) is 5.82 Å². The molecule has 0 fully saturated rings. The number of rotatable bonds is 7. The van der Waals surface area contributed by atoms with Gasteiger partial charge in [0.05, 0.1) is 28.9 Å². The number of nitrogens with one attached hydrogen (secondary N) is 2. The van der Waals surface area contributed by atoms with Crippen molar-refractivity contribution in [3.05, 3.63) is 65.7 Å². The second-order valence-electron chi connectivity index (χ2n) is 5.36. The van der Waals surface area contributed by atoms with Gasteiger partial charge in [-0.1, -0.05) is 6.92 Å². The fourth-order valence-corrected chi connectivity index (χ4v) is 2.29. The number of carbonyl (C=O) groups is 1. The van der Waals surface area contributed by atoms with Gasteiger partial charge in [0.2, 0.25) is 0 Å². The molecule has 0 saturated carbocycles. The average molecular weight is 340 g/mol. The molecule has 3 aromatic rings. The Hall–Kier alpha value is -2.90. The first-order chi connectivity index (χ1) is 12.2. The number of ketones is 1. The Kier molecular flexibility index (Phi) is 5.27. The lowest BCUT2D eigenvalue weighted by Crippen LogP contribution is -2.22. The molecule has 7 heteroatoms. The smallest absolute Gasteiger partial charge is 0.196 e. The predicted molar refractivity (Wildman–Crippen MR) is 92.4 cm³/mol. The first kappa shape index (κ1) is 16.9. The highest BCUT2D eigenvalue weighted by Gasteiger charge is 2.15. The third kappa shape index (κ3) is 3.96. The van der Waals surface area contributed by atoms with Gasteiger partial charge >= 0.3 is 0 Å². The summed E-state index contributed by atoms with van der Waals surface area (Å²) >= 11 is 0. The molecular formula is C18H17FN4O2. The molecule has 3 rings (SSSR count). The van der Waals surface area contributed by atoms with E-state index >= 15 is 0 Å². The summed E-state index contributed by atoms with van der Waals surface area (Å²) in [4.78, 5) is 26.1. The van der Waals surface area contributed by atoms with Crippen molar-refractivity contribution >= 4 is 22.5 Å². The summed E-state index contributed by atoms with van der Waals surface area (Å²) in [5.74, 6) is -1.02. The number of nitrogens with zero attached hydrogens (tertiary/aromatic N) is 2. The second-order valence-corrected chi connectivity index (χ2v) is 5.36. The zero-order valence-electron chi connectivity index (χ0n) is 13.6. The average Bonchev–Trinajstić information content (AvgIpc) is 2.65. The number of fused-ring (bicyclic) bond motifs is 1. The van der Waals surface area contributed by atoms with Gasteiger partial charge in [-0.05, 0) is 42.8 Å². The Bertz CT molecular complexity index is 901. The van der Waals surface area contributed by atoms with Gasteiger partial charge < -0.3 is 0 Å². The lowest BCUT2D eigenvalue weighted by Gasteiger charge is -2.10. The molecule has 1 heterocycles. The molecular weight excluding hydrogens is 323 g/mol. The van der Waals surface area contributed by atoms with Crippen LogP contribution in [-0.4, -0.2) is 22.4 Å². The molecule has 0 aliphatic carbocycles. The fraction of sp³-hybridized carbons (Fsp3) is 0.167. The fourth-order valence-electron chi connectivity index (χ4n) is 2.29. The molecule has 128 valence electrons. The zero-order valence-corrected chi connectivity index (χ0v) is 13.6. The van der Waals surface area contributed by atoms with Crippen molar-refractivity contribution in [1.82, 2.24) is 15.6 Å². The number of halogens is 1. The summed E-state index contributed by atoms with van der Waals surface area (Å²) in [6, 6.07) is 9.09. The molecule has 0 radical (unpaired) electrons. The largest absolute Gasteiger partial charge is 0.299 e. The van der Waals surface area contributed by atoms with Crippen LogP contribution in [0.15, 0.2) is 48.8 Å². The van der Waals surface area contributed by atoms with Gasteiger partial charge in [-0.25, -0.2) is 4.39 Å². The quantitative estimate of drug-likeness (QED) is 0.391. The van der Waals surface area contributed by atoms with Crippen LogP contribution in [-0.2, 0) is 4.84 Å². The van der Waals surface area contributed by atoms with E-state index in [1.807, 2.05) is 6.92 Å². The van der Waals surface area contributed by atoms with E-state index in [0.29, 0.717) is 28.9 Å². The topological polar surface area (TPSA) is 76.1 Å².